The lowest BCUT2D eigenvalue weighted by atomic mass is 10.2. The van der Waals surface area contributed by atoms with Crippen molar-refractivity contribution in [3.8, 4) is 5.75 Å². The summed E-state index contributed by atoms with van der Waals surface area (Å²) in [5, 5.41) is 3.28. The van der Waals surface area contributed by atoms with Gasteiger partial charge in [-0.15, -0.1) is 0 Å². The van der Waals surface area contributed by atoms with Gasteiger partial charge in [-0.05, 0) is 45.4 Å². The lowest BCUT2D eigenvalue weighted by molar-refractivity contribution is 0.244. The number of rotatable bonds is 7. The lowest BCUT2D eigenvalue weighted by Gasteiger charge is -2.27. The minimum absolute atomic E-state index is 0.0637. The fraction of sp³-hybridized carbons (Fsp3) is 0.474. The minimum Gasteiger partial charge on any atom is -0.489 e. The summed E-state index contributed by atoms with van der Waals surface area (Å²) in [6.45, 7) is 6.60. The highest BCUT2D eigenvalue weighted by Gasteiger charge is 2.32. The van der Waals surface area contributed by atoms with E-state index in [4.69, 9.17) is 4.74 Å². The maximum Gasteiger partial charge on any atom is 0.227 e. The van der Waals surface area contributed by atoms with E-state index < -0.39 is 9.84 Å². The van der Waals surface area contributed by atoms with Crippen LogP contribution in [-0.2, 0) is 9.84 Å². The number of sulfone groups is 1. The number of aromatic nitrogens is 2. The van der Waals surface area contributed by atoms with Gasteiger partial charge >= 0.3 is 0 Å². The molecular weight excluding hydrogens is 364 g/mol. The Hall–Kier alpha value is -2.35. The molecular formula is C19H26N4O3S. The molecule has 0 amide bonds. The molecule has 1 atom stereocenters. The van der Waals surface area contributed by atoms with Crippen molar-refractivity contribution in [2.45, 2.75) is 39.3 Å². The summed E-state index contributed by atoms with van der Waals surface area (Å²) in [6.07, 6.45) is 2.36. The molecule has 1 aliphatic heterocycles. The van der Waals surface area contributed by atoms with E-state index in [1.54, 1.807) is 12.3 Å². The molecule has 146 valence electrons. The molecule has 27 heavy (non-hydrogen) atoms. The second kappa shape index (κ2) is 8.12. The normalized spacial score (nSPS) is 18.4. The van der Waals surface area contributed by atoms with Crippen molar-refractivity contribution in [3.05, 3.63) is 36.5 Å². The molecule has 2 aromatic rings. The van der Waals surface area contributed by atoms with Gasteiger partial charge in [-0.3, -0.25) is 0 Å². The number of hydrogen-bond donors (Lipinski definition) is 1. The first-order valence-corrected chi connectivity index (χ1v) is 11.0. The fourth-order valence-corrected chi connectivity index (χ4v) is 4.94. The molecule has 0 aliphatic carbocycles. The largest absolute Gasteiger partial charge is 0.489 e. The van der Waals surface area contributed by atoms with Gasteiger partial charge in [-0.2, -0.15) is 4.98 Å². The number of anilines is 3. The van der Waals surface area contributed by atoms with Crippen LogP contribution in [0.1, 0.15) is 27.2 Å². The topological polar surface area (TPSA) is 84.4 Å². The standard InChI is InChI=1S/C19H26N4O3S/c1-4-23(15-10-12-27(24,25)13-15)19-20-11-9-18(22-19)21-16-7-5-6-8-17(16)26-14(2)3/h5-9,11,14-15H,4,10,12-13H2,1-3H3,(H,20,21,22). The van der Waals surface area contributed by atoms with Crippen molar-refractivity contribution in [1.29, 1.82) is 0 Å². The van der Waals surface area contributed by atoms with E-state index in [9.17, 15) is 8.42 Å². The van der Waals surface area contributed by atoms with Gasteiger partial charge < -0.3 is 15.0 Å². The predicted molar refractivity (Wildman–Crippen MR) is 108 cm³/mol. The Morgan fingerprint density at radius 2 is 2.07 bits per heavy atom. The van der Waals surface area contributed by atoms with Gasteiger partial charge in [0.1, 0.15) is 11.6 Å². The zero-order valence-corrected chi connectivity index (χ0v) is 16.7. The monoisotopic (exact) mass is 390 g/mol. The Bertz CT molecular complexity index is 886. The fourth-order valence-electron chi connectivity index (χ4n) is 3.21. The second-order valence-corrected chi connectivity index (χ2v) is 9.10. The Labute approximate surface area is 160 Å². The van der Waals surface area contributed by atoms with E-state index in [-0.39, 0.29) is 23.7 Å². The molecule has 0 spiro atoms. The zero-order valence-electron chi connectivity index (χ0n) is 15.9. The summed E-state index contributed by atoms with van der Waals surface area (Å²) >= 11 is 0. The smallest absolute Gasteiger partial charge is 0.227 e. The third-order valence-electron chi connectivity index (χ3n) is 4.40. The average Bonchev–Trinajstić information content (AvgIpc) is 2.97. The van der Waals surface area contributed by atoms with Gasteiger partial charge in [0.2, 0.25) is 5.95 Å². The van der Waals surface area contributed by atoms with Gasteiger partial charge in [-0.25, -0.2) is 13.4 Å². The lowest BCUT2D eigenvalue weighted by Crippen LogP contribution is -2.37. The van der Waals surface area contributed by atoms with Crippen molar-refractivity contribution < 1.29 is 13.2 Å². The van der Waals surface area contributed by atoms with Crippen LogP contribution in [0, 0.1) is 0 Å². The quantitative estimate of drug-likeness (QED) is 0.778. The molecule has 0 saturated carbocycles. The van der Waals surface area contributed by atoms with Gasteiger partial charge in [0.05, 0.1) is 23.3 Å². The van der Waals surface area contributed by atoms with Crippen LogP contribution in [0.4, 0.5) is 17.5 Å². The molecule has 1 aromatic carbocycles. The van der Waals surface area contributed by atoms with Crippen LogP contribution >= 0.6 is 0 Å². The van der Waals surface area contributed by atoms with Crippen molar-refractivity contribution in [3.63, 3.8) is 0 Å². The van der Waals surface area contributed by atoms with Gasteiger partial charge in [0.15, 0.2) is 9.84 Å². The number of nitrogens with zero attached hydrogens (tertiary/aromatic N) is 3. The summed E-state index contributed by atoms with van der Waals surface area (Å²) in [4.78, 5) is 10.9. The Morgan fingerprint density at radius 3 is 2.74 bits per heavy atom. The molecule has 1 saturated heterocycles. The summed E-state index contributed by atoms with van der Waals surface area (Å²) < 4.78 is 29.5. The van der Waals surface area contributed by atoms with Crippen LogP contribution < -0.4 is 15.0 Å². The molecule has 0 radical (unpaired) electrons. The molecule has 1 fully saturated rings. The van der Waals surface area contributed by atoms with Crippen LogP contribution in [0.2, 0.25) is 0 Å². The summed E-state index contributed by atoms with van der Waals surface area (Å²) in [5.74, 6) is 2.31. The molecule has 3 rings (SSSR count). The maximum absolute atomic E-state index is 11.8. The van der Waals surface area contributed by atoms with E-state index in [0.717, 1.165) is 11.4 Å². The van der Waals surface area contributed by atoms with Crippen molar-refractivity contribution >= 4 is 27.3 Å². The molecule has 2 heterocycles. The maximum atomic E-state index is 11.8. The number of para-hydroxylation sites is 2. The molecule has 8 heteroatoms. The van der Waals surface area contributed by atoms with Crippen molar-refractivity contribution in [1.82, 2.24) is 9.97 Å². The van der Waals surface area contributed by atoms with E-state index in [1.165, 1.54) is 0 Å². The molecule has 1 N–H and O–H groups in total. The number of ether oxygens (including phenoxy) is 1. The first-order chi connectivity index (χ1) is 12.9. The summed E-state index contributed by atoms with van der Waals surface area (Å²) in [6, 6.07) is 9.40. The summed E-state index contributed by atoms with van der Waals surface area (Å²) in [5.41, 5.74) is 0.822. The molecule has 1 unspecified atom stereocenters. The summed E-state index contributed by atoms with van der Waals surface area (Å²) in [7, 11) is -2.96. The van der Waals surface area contributed by atoms with Crippen LogP contribution in [0.25, 0.3) is 0 Å². The van der Waals surface area contributed by atoms with E-state index in [2.05, 4.69) is 15.3 Å². The highest BCUT2D eigenvalue weighted by molar-refractivity contribution is 7.91. The second-order valence-electron chi connectivity index (χ2n) is 6.87. The van der Waals surface area contributed by atoms with Crippen LogP contribution in [0.15, 0.2) is 36.5 Å². The van der Waals surface area contributed by atoms with Crippen LogP contribution in [-0.4, -0.2) is 48.6 Å². The van der Waals surface area contributed by atoms with E-state index in [0.29, 0.717) is 24.7 Å². The average molecular weight is 391 g/mol. The van der Waals surface area contributed by atoms with Crippen LogP contribution in [0.5, 0.6) is 5.75 Å². The van der Waals surface area contributed by atoms with Crippen LogP contribution in [0.3, 0.4) is 0 Å². The number of benzene rings is 1. The number of nitrogens with one attached hydrogen (secondary N) is 1. The number of hydrogen-bond acceptors (Lipinski definition) is 7. The Morgan fingerprint density at radius 1 is 1.30 bits per heavy atom. The van der Waals surface area contributed by atoms with Gasteiger partial charge in [-0.1, -0.05) is 12.1 Å². The van der Waals surface area contributed by atoms with Gasteiger partial charge in [0, 0.05) is 18.8 Å². The highest BCUT2D eigenvalue weighted by atomic mass is 32.2. The minimum atomic E-state index is -2.96. The Kier molecular flexibility index (Phi) is 5.84. The first kappa shape index (κ1) is 19.4. The van der Waals surface area contributed by atoms with Crippen molar-refractivity contribution in [2.24, 2.45) is 0 Å². The third kappa shape index (κ3) is 4.88. The van der Waals surface area contributed by atoms with Crippen molar-refractivity contribution in [2.75, 3.05) is 28.3 Å². The zero-order chi connectivity index (χ0) is 19.4. The molecule has 0 bridgehead atoms. The predicted octanol–water partition coefficient (Wildman–Crippen LogP) is 3.02. The van der Waals surface area contributed by atoms with E-state index in [1.807, 2.05) is 49.9 Å². The molecule has 7 nitrogen and oxygen atoms in total. The highest BCUT2D eigenvalue weighted by Crippen LogP contribution is 2.28. The third-order valence-corrected chi connectivity index (χ3v) is 6.15. The molecule has 1 aliphatic rings. The SMILES string of the molecule is CCN(c1nccc(Nc2ccccc2OC(C)C)n1)C1CCS(=O)(=O)C1. The molecule has 1 aromatic heterocycles. The van der Waals surface area contributed by atoms with E-state index >= 15 is 0 Å². The van der Waals surface area contributed by atoms with Gasteiger partial charge in [0.25, 0.3) is 0 Å². The first-order valence-electron chi connectivity index (χ1n) is 9.21. The Balaban J connectivity index is 1.82.